The number of hydrogen-bond donors (Lipinski definition) is 2. The van der Waals surface area contributed by atoms with E-state index in [2.05, 4.69) is 4.98 Å². The smallest absolute Gasteiger partial charge is 0.272 e. The van der Waals surface area contributed by atoms with Crippen LogP contribution in [0.2, 0.25) is 1.41 Å². The van der Waals surface area contributed by atoms with E-state index in [0.29, 0.717) is 0 Å². The van der Waals surface area contributed by atoms with Gasteiger partial charge in [-0.05, 0) is 19.2 Å². The molecule has 0 fully saturated rings. The van der Waals surface area contributed by atoms with Crippen LogP contribution < -0.4 is 10.9 Å². The van der Waals surface area contributed by atoms with E-state index in [4.69, 9.17) is 2.78 Å². The van der Waals surface area contributed by atoms with Gasteiger partial charge in [0, 0.05) is 19.0 Å². The summed E-state index contributed by atoms with van der Waals surface area (Å²) in [4.78, 5) is 14.9. The molecular weight excluding hydrogens is 172 g/mol. The van der Waals surface area contributed by atoms with Gasteiger partial charge in [0.05, 0.1) is 0 Å². The summed E-state index contributed by atoms with van der Waals surface area (Å²) in [6, 6.07) is 1.80. The quantitative estimate of drug-likeness (QED) is 0.687. The summed E-state index contributed by atoms with van der Waals surface area (Å²) >= 11 is 1.40. The van der Waals surface area contributed by atoms with Gasteiger partial charge in [-0.1, -0.05) is 0 Å². The third-order valence-corrected chi connectivity index (χ3v) is 2.24. The summed E-state index contributed by atoms with van der Waals surface area (Å²) in [5.74, 6) is 0. The summed E-state index contributed by atoms with van der Waals surface area (Å²) in [6.07, 6.45) is 1.84. The number of rotatable bonds is 2. The van der Waals surface area contributed by atoms with Crippen LogP contribution in [-0.4, -0.2) is 18.3 Å². The van der Waals surface area contributed by atoms with Crippen molar-refractivity contribution < 1.29 is 2.78 Å². The number of hydrogen-bond acceptors (Lipinski definition) is 3. The molecule has 1 heterocycles. The standard InChI is InChI=1S/C8H12N2OS/c1-5-4-6(12-3)7(9-2)8(11)10-5/h4,9H,1-3H3,(H,10,11)/i2D/hD. The van der Waals surface area contributed by atoms with E-state index in [1.165, 1.54) is 11.8 Å². The Kier molecular flexibility index (Phi) is 2.02. The lowest BCUT2D eigenvalue weighted by atomic mass is 10.3. The van der Waals surface area contributed by atoms with Crippen molar-refractivity contribution in [3.05, 3.63) is 22.1 Å². The molecule has 0 saturated carbocycles. The SMILES string of the molecule is [2H]CN([2H])c1c(SC)cc(C)[nH]c1=O. The fraction of sp³-hybridized carbons (Fsp3) is 0.375. The molecule has 0 amide bonds. The van der Waals surface area contributed by atoms with Gasteiger partial charge in [-0.15, -0.1) is 11.8 Å². The van der Waals surface area contributed by atoms with Crippen molar-refractivity contribution in [3.8, 4) is 0 Å². The number of pyridine rings is 1. The van der Waals surface area contributed by atoms with Crippen LogP contribution in [0.25, 0.3) is 0 Å². The van der Waals surface area contributed by atoms with Gasteiger partial charge < -0.3 is 10.3 Å². The van der Waals surface area contributed by atoms with Crippen LogP contribution in [0.1, 0.15) is 7.06 Å². The molecule has 0 unspecified atom stereocenters. The van der Waals surface area contributed by atoms with Gasteiger partial charge in [0.1, 0.15) is 5.69 Å². The molecule has 0 aliphatic rings. The second-order valence-electron chi connectivity index (χ2n) is 2.36. The Balaban J connectivity index is 3.32. The van der Waals surface area contributed by atoms with E-state index >= 15 is 0 Å². The molecule has 2 N–H and O–H groups in total. The van der Waals surface area contributed by atoms with Gasteiger partial charge in [0.25, 0.3) is 5.56 Å². The Bertz CT molecular complexity index is 380. The summed E-state index contributed by atoms with van der Waals surface area (Å²) < 4.78 is 14.5. The molecule has 1 rings (SSSR count). The van der Waals surface area contributed by atoms with Crippen molar-refractivity contribution in [3.63, 3.8) is 0 Å². The Labute approximate surface area is 78.4 Å². The van der Waals surface area contributed by atoms with Crippen molar-refractivity contribution in [1.29, 1.82) is 0 Å². The normalized spacial score (nSPS) is 12.2. The molecule has 4 heteroatoms. The zero-order valence-corrected chi connectivity index (χ0v) is 7.86. The summed E-state index contributed by atoms with van der Waals surface area (Å²) in [6.45, 7) is 1.79. The fourth-order valence-corrected chi connectivity index (χ4v) is 1.60. The van der Waals surface area contributed by atoms with Crippen LogP contribution in [0, 0.1) is 6.92 Å². The highest BCUT2D eigenvalue weighted by molar-refractivity contribution is 7.98. The highest BCUT2D eigenvalue weighted by Crippen LogP contribution is 2.21. The number of nitrogens with one attached hydrogen (secondary N) is 2. The number of anilines is 1. The predicted molar refractivity (Wildman–Crippen MR) is 53.1 cm³/mol. The van der Waals surface area contributed by atoms with E-state index in [9.17, 15) is 4.79 Å². The molecule has 0 bridgehead atoms. The lowest BCUT2D eigenvalue weighted by molar-refractivity contribution is 1.10. The molecular formula is C8H12N2OS. The van der Waals surface area contributed by atoms with Crippen molar-refractivity contribution in [2.45, 2.75) is 11.8 Å². The second-order valence-corrected chi connectivity index (χ2v) is 3.20. The molecule has 1 aromatic rings. The molecule has 0 saturated heterocycles. The van der Waals surface area contributed by atoms with Gasteiger partial charge >= 0.3 is 0 Å². The Hall–Kier alpha value is -0.900. The number of aromatic amines is 1. The van der Waals surface area contributed by atoms with Crippen LogP contribution >= 0.6 is 11.8 Å². The molecule has 0 radical (unpaired) electrons. The van der Waals surface area contributed by atoms with Crippen LogP contribution in [-0.2, 0) is 0 Å². The van der Waals surface area contributed by atoms with E-state index in [0.717, 1.165) is 15.9 Å². The first-order valence-corrected chi connectivity index (χ1v) is 4.66. The van der Waals surface area contributed by atoms with E-state index in [1.54, 1.807) is 13.0 Å². The number of aromatic nitrogens is 1. The Morgan fingerprint density at radius 3 is 3.17 bits per heavy atom. The summed E-state index contributed by atoms with van der Waals surface area (Å²) in [5.41, 5.74) is 0.705. The number of aryl methyl sites for hydroxylation is 1. The predicted octanol–water partition coefficient (Wildman–Crippen LogP) is 1.45. The minimum Gasteiger partial charge on any atom is -0.383 e. The molecule has 0 aliphatic heterocycles. The van der Waals surface area contributed by atoms with Gasteiger partial charge in [0.2, 0.25) is 0 Å². The maximum Gasteiger partial charge on any atom is 0.272 e. The van der Waals surface area contributed by atoms with Gasteiger partial charge in [0.15, 0.2) is 1.41 Å². The van der Waals surface area contributed by atoms with Crippen molar-refractivity contribution in [2.24, 2.45) is 0 Å². The monoisotopic (exact) mass is 186 g/mol. The van der Waals surface area contributed by atoms with Crippen LogP contribution in [0.4, 0.5) is 5.69 Å². The average molecular weight is 186 g/mol. The first kappa shape index (κ1) is 6.60. The molecule has 1 aromatic heterocycles. The third kappa shape index (κ3) is 1.64. The number of H-pyrrole nitrogens is 1. The van der Waals surface area contributed by atoms with Crippen LogP contribution in [0.5, 0.6) is 0 Å². The Morgan fingerprint density at radius 2 is 2.58 bits per heavy atom. The fourth-order valence-electron chi connectivity index (χ4n) is 0.957. The molecule has 12 heavy (non-hydrogen) atoms. The van der Waals surface area contributed by atoms with Crippen molar-refractivity contribution in [1.82, 2.24) is 4.98 Å². The molecule has 0 spiro atoms. The molecule has 0 atom stereocenters. The van der Waals surface area contributed by atoms with E-state index in [-0.39, 0.29) is 18.3 Å². The maximum absolute atomic E-state index is 11.5. The first-order valence-electron chi connectivity index (χ1n) is 4.59. The van der Waals surface area contributed by atoms with Gasteiger partial charge in [-0.2, -0.15) is 0 Å². The maximum atomic E-state index is 11.5. The van der Waals surface area contributed by atoms with Crippen molar-refractivity contribution in [2.75, 3.05) is 18.6 Å². The Morgan fingerprint density at radius 1 is 1.83 bits per heavy atom. The summed E-state index contributed by atoms with van der Waals surface area (Å²) in [7, 11) is -0.250. The molecule has 0 aliphatic carbocycles. The molecule has 0 aromatic carbocycles. The zero-order chi connectivity index (χ0) is 10.7. The molecule has 3 nitrogen and oxygen atoms in total. The second kappa shape index (κ2) is 3.67. The highest BCUT2D eigenvalue weighted by atomic mass is 32.2. The van der Waals surface area contributed by atoms with E-state index in [1.807, 2.05) is 6.26 Å². The van der Waals surface area contributed by atoms with Crippen molar-refractivity contribution >= 4 is 17.4 Å². The lowest BCUT2D eigenvalue weighted by Crippen LogP contribution is -2.13. The highest BCUT2D eigenvalue weighted by Gasteiger charge is 2.04. The minimum atomic E-state index is -0.309. The largest absolute Gasteiger partial charge is 0.383 e. The third-order valence-electron chi connectivity index (χ3n) is 1.48. The zero-order valence-electron chi connectivity index (χ0n) is 9.05. The lowest BCUT2D eigenvalue weighted by Gasteiger charge is -2.05. The van der Waals surface area contributed by atoms with Gasteiger partial charge in [-0.25, -0.2) is 0 Å². The van der Waals surface area contributed by atoms with Gasteiger partial charge in [-0.3, -0.25) is 4.79 Å². The average Bonchev–Trinajstić information content (AvgIpc) is 2.15. The first-order chi connectivity index (χ1) is 6.60. The topological polar surface area (TPSA) is 44.9 Å². The number of thioether (sulfide) groups is 1. The van der Waals surface area contributed by atoms with Crippen LogP contribution in [0.3, 0.4) is 0 Å². The van der Waals surface area contributed by atoms with Crippen LogP contribution in [0.15, 0.2) is 15.8 Å². The van der Waals surface area contributed by atoms with E-state index < -0.39 is 0 Å². The molecule has 66 valence electrons. The minimum absolute atomic E-state index is 0.248. The summed E-state index contributed by atoms with van der Waals surface area (Å²) in [5, 5.41) is 0.879.